The molecular formula is C38H51N3O5S. The summed E-state index contributed by atoms with van der Waals surface area (Å²) in [6, 6.07) is 14.9. The number of aromatic nitrogens is 1. The van der Waals surface area contributed by atoms with E-state index in [0.717, 1.165) is 79.8 Å². The van der Waals surface area contributed by atoms with Gasteiger partial charge in [0.25, 0.3) is 5.19 Å². The topological polar surface area (TPSA) is 90.0 Å². The molecule has 0 aliphatic heterocycles. The highest BCUT2D eigenvalue weighted by Gasteiger charge is 2.33. The van der Waals surface area contributed by atoms with Crippen molar-refractivity contribution in [3.8, 4) is 21.4 Å². The van der Waals surface area contributed by atoms with Gasteiger partial charge in [0.2, 0.25) is 5.91 Å². The lowest BCUT2D eigenvalue weighted by atomic mass is 9.77. The molecule has 9 heteroatoms. The molecule has 8 nitrogen and oxygen atoms in total. The van der Waals surface area contributed by atoms with Crippen molar-refractivity contribution in [2.75, 3.05) is 32.2 Å². The van der Waals surface area contributed by atoms with E-state index in [4.69, 9.17) is 14.2 Å². The van der Waals surface area contributed by atoms with E-state index in [1.54, 1.807) is 14.2 Å². The largest absolute Gasteiger partial charge is 0.496 e. The zero-order chi connectivity index (χ0) is 33.6. The Hall–Kier alpha value is -3.59. The second-order valence-electron chi connectivity index (χ2n) is 14.2. The van der Waals surface area contributed by atoms with Gasteiger partial charge in [-0.1, -0.05) is 35.6 Å². The van der Waals surface area contributed by atoms with Crippen molar-refractivity contribution in [3.63, 3.8) is 0 Å². The monoisotopic (exact) mass is 661 g/mol. The molecule has 1 heterocycles. The van der Waals surface area contributed by atoms with E-state index in [0.29, 0.717) is 29.5 Å². The first-order valence-electron chi connectivity index (χ1n) is 17.1. The predicted octanol–water partition coefficient (Wildman–Crippen LogP) is 8.77. The van der Waals surface area contributed by atoms with Gasteiger partial charge in [-0.05, 0) is 132 Å². The van der Waals surface area contributed by atoms with Gasteiger partial charge in [0.05, 0.1) is 19.1 Å². The van der Waals surface area contributed by atoms with Crippen molar-refractivity contribution in [2.24, 2.45) is 17.8 Å². The minimum Gasteiger partial charge on any atom is -0.496 e. The third kappa shape index (κ3) is 9.28. The minimum atomic E-state index is -0.519. The number of alkyl carbamates (subject to hydrolysis) is 1. The number of methoxy groups -OCH3 is 2. The standard InChI is InChI=1S/C38H51N3O5S/c1-25-20-30(18-19-33(25)44-5)28-14-12-27(13-15-28)24-41(32-9-7-8-31(21-32)34-23-40-37(45-6)47-34)35(42)29-16-10-26(11-17-29)22-39-36(43)46-38(2,3)4/h7-9,18-21,23,26-29H,10-17,22,24H2,1-6H3,(H,39,43). The summed E-state index contributed by atoms with van der Waals surface area (Å²) in [5, 5.41) is 3.56. The van der Waals surface area contributed by atoms with Crippen LogP contribution in [-0.4, -0.2) is 49.9 Å². The number of benzene rings is 2. The highest BCUT2D eigenvalue weighted by molar-refractivity contribution is 7.16. The van der Waals surface area contributed by atoms with E-state index < -0.39 is 5.60 Å². The number of hydrogen-bond acceptors (Lipinski definition) is 7. The van der Waals surface area contributed by atoms with Gasteiger partial charge in [0.1, 0.15) is 11.4 Å². The second kappa shape index (κ2) is 15.5. The Morgan fingerprint density at radius 3 is 2.30 bits per heavy atom. The molecule has 2 aromatic carbocycles. The lowest BCUT2D eigenvalue weighted by Crippen LogP contribution is -2.42. The van der Waals surface area contributed by atoms with Crippen LogP contribution in [0.3, 0.4) is 0 Å². The van der Waals surface area contributed by atoms with Crippen LogP contribution in [0.5, 0.6) is 10.9 Å². The summed E-state index contributed by atoms with van der Waals surface area (Å²) in [5.41, 5.74) is 4.03. The Morgan fingerprint density at radius 1 is 0.936 bits per heavy atom. The molecule has 0 spiro atoms. The molecule has 0 radical (unpaired) electrons. The van der Waals surface area contributed by atoms with Crippen LogP contribution >= 0.6 is 11.3 Å². The molecule has 2 saturated carbocycles. The molecule has 0 bridgehead atoms. The van der Waals surface area contributed by atoms with Crippen LogP contribution in [0, 0.1) is 24.7 Å². The number of carbonyl (C=O) groups excluding carboxylic acids is 2. The Balaban J connectivity index is 1.27. The molecule has 0 saturated heterocycles. The van der Waals surface area contributed by atoms with Crippen LogP contribution < -0.4 is 19.7 Å². The number of amides is 2. The fourth-order valence-corrected chi connectivity index (χ4v) is 7.83. The molecule has 5 rings (SSSR count). The Morgan fingerprint density at radius 2 is 1.66 bits per heavy atom. The SMILES string of the molecule is COc1ncc(-c2cccc(N(CC3CCC(c4ccc(OC)c(C)c4)CC3)C(=O)C3CCC(CNC(=O)OC(C)(C)C)CC3)c2)s1. The smallest absolute Gasteiger partial charge is 0.407 e. The zero-order valence-electron chi connectivity index (χ0n) is 28.8. The minimum absolute atomic E-state index is 0.0291. The summed E-state index contributed by atoms with van der Waals surface area (Å²) in [4.78, 5) is 34.0. The van der Waals surface area contributed by atoms with Gasteiger partial charge < -0.3 is 24.4 Å². The molecule has 2 aliphatic carbocycles. The molecule has 1 aromatic heterocycles. The third-order valence-electron chi connectivity index (χ3n) is 9.68. The van der Waals surface area contributed by atoms with Crippen LogP contribution in [0.1, 0.15) is 89.2 Å². The summed E-state index contributed by atoms with van der Waals surface area (Å²) in [6.07, 6.45) is 9.35. The van der Waals surface area contributed by atoms with Gasteiger partial charge in [-0.3, -0.25) is 4.79 Å². The molecule has 2 aliphatic rings. The van der Waals surface area contributed by atoms with Crippen LogP contribution in [0.25, 0.3) is 10.4 Å². The molecule has 0 atom stereocenters. The summed E-state index contributed by atoms with van der Waals surface area (Å²) < 4.78 is 16.2. The number of hydrogen-bond donors (Lipinski definition) is 1. The Labute approximate surface area is 284 Å². The fraction of sp³-hybridized carbons (Fsp3) is 0.553. The van der Waals surface area contributed by atoms with Crippen molar-refractivity contribution in [3.05, 3.63) is 59.8 Å². The maximum absolute atomic E-state index is 14.4. The van der Waals surface area contributed by atoms with Gasteiger partial charge in [-0.2, -0.15) is 0 Å². The summed E-state index contributed by atoms with van der Waals surface area (Å²) in [5.74, 6) is 2.45. The van der Waals surface area contributed by atoms with Gasteiger partial charge in [0.15, 0.2) is 0 Å². The van der Waals surface area contributed by atoms with E-state index in [1.165, 1.54) is 22.5 Å². The number of rotatable bonds is 10. The zero-order valence-corrected chi connectivity index (χ0v) is 29.7. The summed E-state index contributed by atoms with van der Waals surface area (Å²) in [6.45, 7) is 9.02. The molecule has 254 valence electrons. The number of nitrogens with one attached hydrogen (secondary N) is 1. The Bertz CT molecular complexity index is 1500. The van der Waals surface area contributed by atoms with Gasteiger partial charge >= 0.3 is 6.09 Å². The highest BCUT2D eigenvalue weighted by atomic mass is 32.1. The van der Waals surface area contributed by atoms with Gasteiger partial charge in [0, 0.05) is 30.9 Å². The number of ether oxygens (including phenoxy) is 3. The van der Waals surface area contributed by atoms with Crippen LogP contribution in [0.4, 0.5) is 10.5 Å². The van der Waals surface area contributed by atoms with E-state index in [-0.39, 0.29) is 17.9 Å². The first-order valence-corrected chi connectivity index (χ1v) is 17.9. The molecule has 3 aromatic rings. The molecule has 1 N–H and O–H groups in total. The van der Waals surface area contributed by atoms with E-state index in [1.807, 2.05) is 33.0 Å². The average Bonchev–Trinajstić information content (AvgIpc) is 3.55. The van der Waals surface area contributed by atoms with Gasteiger partial charge in [-0.15, -0.1) is 0 Å². The molecular weight excluding hydrogens is 611 g/mol. The first-order chi connectivity index (χ1) is 22.5. The number of aryl methyl sites for hydroxylation is 1. The normalized spacial score (nSPS) is 21.5. The summed E-state index contributed by atoms with van der Waals surface area (Å²) >= 11 is 1.51. The van der Waals surface area contributed by atoms with Crippen molar-refractivity contribution >= 4 is 29.0 Å². The lowest BCUT2D eigenvalue weighted by Gasteiger charge is -2.36. The number of nitrogens with zero attached hydrogens (tertiary/aromatic N) is 2. The fourth-order valence-electron chi connectivity index (χ4n) is 7.10. The highest BCUT2D eigenvalue weighted by Crippen LogP contribution is 2.40. The van der Waals surface area contributed by atoms with E-state index >= 15 is 0 Å². The molecule has 47 heavy (non-hydrogen) atoms. The third-order valence-corrected chi connectivity index (χ3v) is 10.7. The number of carbonyl (C=O) groups is 2. The number of anilines is 1. The number of thiazole rings is 1. The van der Waals surface area contributed by atoms with Crippen LogP contribution in [-0.2, 0) is 9.53 Å². The predicted molar refractivity (Wildman–Crippen MR) is 189 cm³/mol. The summed E-state index contributed by atoms with van der Waals surface area (Å²) in [7, 11) is 3.35. The van der Waals surface area contributed by atoms with Crippen LogP contribution in [0.15, 0.2) is 48.7 Å². The van der Waals surface area contributed by atoms with Crippen molar-refractivity contribution < 1.29 is 23.8 Å². The second-order valence-corrected chi connectivity index (χ2v) is 15.2. The van der Waals surface area contributed by atoms with E-state index in [2.05, 4.69) is 58.5 Å². The maximum atomic E-state index is 14.4. The first kappa shape index (κ1) is 34.7. The lowest BCUT2D eigenvalue weighted by molar-refractivity contribution is -0.123. The van der Waals surface area contributed by atoms with Crippen LogP contribution in [0.2, 0.25) is 0 Å². The van der Waals surface area contributed by atoms with E-state index in [9.17, 15) is 9.59 Å². The molecule has 2 amide bonds. The van der Waals surface area contributed by atoms with Gasteiger partial charge in [-0.25, -0.2) is 9.78 Å². The Kier molecular flexibility index (Phi) is 11.5. The average molecular weight is 662 g/mol. The quantitative estimate of drug-likeness (QED) is 0.234. The van der Waals surface area contributed by atoms with Crippen molar-refractivity contribution in [1.82, 2.24) is 10.3 Å². The van der Waals surface area contributed by atoms with Crippen molar-refractivity contribution in [1.29, 1.82) is 0 Å². The molecule has 2 fully saturated rings. The molecule has 0 unspecified atom stereocenters. The van der Waals surface area contributed by atoms with Crippen molar-refractivity contribution in [2.45, 2.75) is 90.6 Å². The maximum Gasteiger partial charge on any atom is 0.407 e.